The van der Waals surface area contributed by atoms with Gasteiger partial charge in [-0.15, -0.1) is 0 Å². The number of aryl methyl sites for hydroxylation is 1. The van der Waals surface area contributed by atoms with Crippen molar-refractivity contribution in [3.8, 4) is 23.0 Å². The lowest BCUT2D eigenvalue weighted by Gasteiger charge is -2.34. The number of carbonyl (C=O) groups excluding carboxylic acids is 1. The predicted molar refractivity (Wildman–Crippen MR) is 112 cm³/mol. The molecule has 31 heavy (non-hydrogen) atoms. The quantitative estimate of drug-likeness (QED) is 0.652. The summed E-state index contributed by atoms with van der Waals surface area (Å²) in [5.41, 5.74) is 2.02. The Balaban J connectivity index is 1.64. The van der Waals surface area contributed by atoms with Gasteiger partial charge in [0.1, 0.15) is 29.1 Å². The summed E-state index contributed by atoms with van der Waals surface area (Å²) in [5.74, 6) is 1.80. The number of methoxy groups -OCH3 is 2. The molecule has 1 atom stereocenters. The molecule has 7 nitrogen and oxygen atoms in total. The van der Waals surface area contributed by atoms with Gasteiger partial charge in [-0.05, 0) is 36.8 Å². The first-order valence-corrected chi connectivity index (χ1v) is 9.96. The van der Waals surface area contributed by atoms with Crippen LogP contribution in [0, 0.1) is 12.7 Å². The zero-order chi connectivity index (χ0) is 22.0. The molecule has 1 aromatic heterocycles. The van der Waals surface area contributed by atoms with Gasteiger partial charge in [0.05, 0.1) is 25.5 Å². The van der Waals surface area contributed by atoms with Gasteiger partial charge in [0.15, 0.2) is 0 Å². The Hall–Kier alpha value is -3.39. The van der Waals surface area contributed by atoms with Crippen molar-refractivity contribution in [1.82, 2.24) is 15.2 Å². The summed E-state index contributed by atoms with van der Waals surface area (Å²) in [5, 5.41) is 2.86. The van der Waals surface area contributed by atoms with Crippen LogP contribution in [0.1, 0.15) is 23.1 Å². The van der Waals surface area contributed by atoms with E-state index in [1.165, 1.54) is 12.1 Å². The van der Waals surface area contributed by atoms with Crippen LogP contribution in [-0.2, 0) is 11.3 Å². The van der Waals surface area contributed by atoms with E-state index in [1.807, 2.05) is 24.0 Å². The maximum Gasteiger partial charge on any atom is 0.242 e. The summed E-state index contributed by atoms with van der Waals surface area (Å²) >= 11 is 0. The largest absolute Gasteiger partial charge is 0.497 e. The van der Waals surface area contributed by atoms with Gasteiger partial charge in [0.2, 0.25) is 11.8 Å². The monoisotopic (exact) mass is 425 g/mol. The SMILES string of the molecule is COc1ccc(-c2nc(CN3CCNC(=O)C3c3cccc(F)c3)c(C)o2)c(OC)c1. The summed E-state index contributed by atoms with van der Waals surface area (Å²) in [6.45, 7) is 3.35. The first-order chi connectivity index (χ1) is 15.0. The van der Waals surface area contributed by atoms with Gasteiger partial charge in [0.25, 0.3) is 0 Å². The number of halogens is 1. The van der Waals surface area contributed by atoms with Crippen LogP contribution in [0.15, 0.2) is 46.9 Å². The van der Waals surface area contributed by atoms with Crippen molar-refractivity contribution in [3.05, 3.63) is 65.3 Å². The fourth-order valence-corrected chi connectivity index (χ4v) is 3.78. The molecule has 1 aliphatic rings. The molecule has 1 saturated heterocycles. The van der Waals surface area contributed by atoms with Gasteiger partial charge in [-0.1, -0.05) is 12.1 Å². The van der Waals surface area contributed by atoms with Gasteiger partial charge < -0.3 is 19.2 Å². The van der Waals surface area contributed by atoms with E-state index in [4.69, 9.17) is 13.9 Å². The third kappa shape index (κ3) is 4.25. The zero-order valence-electron chi connectivity index (χ0n) is 17.6. The van der Waals surface area contributed by atoms with E-state index in [0.717, 1.165) is 0 Å². The molecule has 0 aliphatic carbocycles. The molecule has 2 heterocycles. The second-order valence-corrected chi connectivity index (χ2v) is 7.31. The highest BCUT2D eigenvalue weighted by atomic mass is 19.1. The average molecular weight is 425 g/mol. The lowest BCUT2D eigenvalue weighted by atomic mass is 10.0. The number of oxazole rings is 1. The van der Waals surface area contributed by atoms with Crippen molar-refractivity contribution in [2.75, 3.05) is 27.3 Å². The first-order valence-electron chi connectivity index (χ1n) is 9.96. The molecule has 1 fully saturated rings. The molecule has 8 heteroatoms. The lowest BCUT2D eigenvalue weighted by molar-refractivity contribution is -0.129. The highest BCUT2D eigenvalue weighted by Crippen LogP contribution is 2.34. The standard InChI is InChI=1S/C23H24FN3O4/c1-14-19(26-23(31-14)18-8-7-17(29-2)12-20(18)30-3)13-27-10-9-25-22(28)21(27)15-5-4-6-16(24)11-15/h4-8,11-12,21H,9-10,13H2,1-3H3,(H,25,28). The lowest BCUT2D eigenvalue weighted by Crippen LogP contribution is -2.49. The molecule has 3 aromatic rings. The van der Waals surface area contributed by atoms with Crippen LogP contribution in [0.25, 0.3) is 11.5 Å². The summed E-state index contributed by atoms with van der Waals surface area (Å²) in [6.07, 6.45) is 0. The molecule has 0 saturated carbocycles. The Morgan fingerprint density at radius 3 is 2.81 bits per heavy atom. The minimum atomic E-state index is -0.598. The third-order valence-electron chi connectivity index (χ3n) is 5.36. The van der Waals surface area contributed by atoms with Crippen LogP contribution in [0.4, 0.5) is 4.39 Å². The van der Waals surface area contributed by atoms with Crippen molar-refractivity contribution in [2.45, 2.75) is 19.5 Å². The average Bonchev–Trinajstić information content (AvgIpc) is 3.13. The van der Waals surface area contributed by atoms with Crippen LogP contribution >= 0.6 is 0 Å². The highest BCUT2D eigenvalue weighted by molar-refractivity contribution is 5.83. The first kappa shape index (κ1) is 20.9. The molecule has 1 aliphatic heterocycles. The fraction of sp³-hybridized carbons (Fsp3) is 0.304. The Labute approximate surface area is 179 Å². The summed E-state index contributed by atoms with van der Waals surface area (Å²) in [4.78, 5) is 19.3. The molecule has 1 amide bonds. The number of piperazine rings is 1. The number of benzene rings is 2. The van der Waals surface area contributed by atoms with Crippen molar-refractivity contribution in [2.24, 2.45) is 0 Å². The zero-order valence-corrected chi connectivity index (χ0v) is 17.6. The highest BCUT2D eigenvalue weighted by Gasteiger charge is 2.32. The van der Waals surface area contributed by atoms with E-state index in [0.29, 0.717) is 59.6 Å². The normalized spacial score (nSPS) is 16.8. The minimum Gasteiger partial charge on any atom is -0.497 e. The number of ether oxygens (including phenoxy) is 2. The van der Waals surface area contributed by atoms with E-state index >= 15 is 0 Å². The Kier molecular flexibility index (Phi) is 5.90. The maximum absolute atomic E-state index is 13.8. The second kappa shape index (κ2) is 8.77. The molecule has 0 radical (unpaired) electrons. The van der Waals surface area contributed by atoms with Crippen molar-refractivity contribution in [3.63, 3.8) is 0 Å². The third-order valence-corrected chi connectivity index (χ3v) is 5.36. The molecular weight excluding hydrogens is 401 g/mol. The van der Waals surface area contributed by atoms with Gasteiger partial charge in [0, 0.05) is 25.7 Å². The van der Waals surface area contributed by atoms with Crippen LogP contribution in [0.5, 0.6) is 11.5 Å². The van der Waals surface area contributed by atoms with Gasteiger partial charge in [-0.3, -0.25) is 9.69 Å². The predicted octanol–water partition coefficient (Wildman–Crippen LogP) is 3.48. The number of carbonyl (C=O) groups is 1. The van der Waals surface area contributed by atoms with Gasteiger partial charge in [-0.2, -0.15) is 0 Å². The smallest absolute Gasteiger partial charge is 0.242 e. The number of hydrogen-bond acceptors (Lipinski definition) is 6. The van der Waals surface area contributed by atoms with E-state index in [9.17, 15) is 9.18 Å². The molecule has 1 unspecified atom stereocenters. The molecule has 0 bridgehead atoms. The van der Waals surface area contributed by atoms with Crippen molar-refractivity contribution >= 4 is 5.91 Å². The van der Waals surface area contributed by atoms with Crippen LogP contribution in [-0.4, -0.2) is 43.1 Å². The van der Waals surface area contributed by atoms with Crippen LogP contribution < -0.4 is 14.8 Å². The Morgan fingerprint density at radius 1 is 1.23 bits per heavy atom. The number of nitrogens with one attached hydrogen (secondary N) is 1. The molecule has 0 spiro atoms. The van der Waals surface area contributed by atoms with E-state index in [-0.39, 0.29) is 11.7 Å². The number of hydrogen-bond donors (Lipinski definition) is 1. The molecule has 2 aromatic carbocycles. The summed E-state index contributed by atoms with van der Waals surface area (Å²) in [6, 6.07) is 10.9. The van der Waals surface area contributed by atoms with E-state index in [2.05, 4.69) is 10.3 Å². The maximum atomic E-state index is 13.8. The van der Waals surface area contributed by atoms with Crippen LogP contribution in [0.3, 0.4) is 0 Å². The van der Waals surface area contributed by atoms with Crippen molar-refractivity contribution in [1.29, 1.82) is 0 Å². The molecule has 162 valence electrons. The second-order valence-electron chi connectivity index (χ2n) is 7.31. The van der Waals surface area contributed by atoms with E-state index < -0.39 is 6.04 Å². The number of aromatic nitrogens is 1. The summed E-state index contributed by atoms with van der Waals surface area (Å²) in [7, 11) is 3.16. The fourth-order valence-electron chi connectivity index (χ4n) is 3.78. The topological polar surface area (TPSA) is 76.8 Å². The number of nitrogens with zero attached hydrogens (tertiary/aromatic N) is 2. The number of rotatable bonds is 6. The van der Waals surface area contributed by atoms with Crippen molar-refractivity contribution < 1.29 is 23.1 Å². The minimum absolute atomic E-state index is 0.157. The van der Waals surface area contributed by atoms with Crippen LogP contribution in [0.2, 0.25) is 0 Å². The Bertz CT molecular complexity index is 1100. The summed E-state index contributed by atoms with van der Waals surface area (Å²) < 4.78 is 30.4. The Morgan fingerprint density at radius 2 is 2.06 bits per heavy atom. The van der Waals surface area contributed by atoms with Gasteiger partial charge >= 0.3 is 0 Å². The molecule has 4 rings (SSSR count). The number of amides is 1. The van der Waals surface area contributed by atoms with Gasteiger partial charge in [-0.25, -0.2) is 9.37 Å². The molecule has 1 N–H and O–H groups in total. The molecular formula is C23H24FN3O4. The van der Waals surface area contributed by atoms with E-state index in [1.54, 1.807) is 32.4 Å².